The quantitative estimate of drug-likeness (QED) is 0.194. The van der Waals surface area contributed by atoms with Crippen LogP contribution in [0.2, 0.25) is 0 Å². The number of pyridine rings is 1. The zero-order valence-electron chi connectivity index (χ0n) is 24.1. The molecule has 45 heavy (non-hydrogen) atoms. The predicted octanol–water partition coefficient (Wildman–Crippen LogP) is 7.78. The van der Waals surface area contributed by atoms with Crippen molar-refractivity contribution >= 4 is 22.8 Å². The van der Waals surface area contributed by atoms with Gasteiger partial charge in [0.2, 0.25) is 0 Å². The minimum absolute atomic E-state index is 0.118. The number of alkyl halides is 3. The average Bonchev–Trinajstić information content (AvgIpc) is 3.54. The molecule has 0 bridgehead atoms. The minimum atomic E-state index is -4.56. The number of carboxylic acid groups (broad SMARTS) is 1. The molecule has 4 aromatic carbocycles. The van der Waals surface area contributed by atoms with Crippen molar-refractivity contribution in [2.75, 3.05) is 6.54 Å². The molecule has 6 nitrogen and oxygen atoms in total. The van der Waals surface area contributed by atoms with Crippen LogP contribution < -0.4 is 4.74 Å². The highest BCUT2D eigenvalue weighted by Crippen LogP contribution is 2.39. The highest BCUT2D eigenvalue weighted by atomic mass is 19.4. The van der Waals surface area contributed by atoms with Crippen LogP contribution in [0.25, 0.3) is 22.0 Å². The Morgan fingerprint density at radius 3 is 2.44 bits per heavy atom. The fraction of sp³-hybridized carbons (Fsp3) is 0.194. The Hall–Kier alpha value is -5.18. The van der Waals surface area contributed by atoms with Crippen molar-refractivity contribution in [2.24, 2.45) is 0 Å². The first-order valence-corrected chi connectivity index (χ1v) is 14.6. The van der Waals surface area contributed by atoms with Gasteiger partial charge in [-0.2, -0.15) is 13.2 Å². The van der Waals surface area contributed by atoms with Crippen LogP contribution in [0.3, 0.4) is 0 Å². The van der Waals surface area contributed by atoms with E-state index in [1.807, 2.05) is 42.5 Å². The first-order valence-electron chi connectivity index (χ1n) is 14.6. The van der Waals surface area contributed by atoms with Gasteiger partial charge in [-0.3, -0.25) is 9.78 Å². The molecule has 6 rings (SSSR count). The molecule has 0 aliphatic carbocycles. The number of carbonyl (C=O) groups excluding carboxylic acids is 1. The second-order valence-corrected chi connectivity index (χ2v) is 11.0. The molecule has 1 N–H and O–H groups in total. The van der Waals surface area contributed by atoms with E-state index in [-0.39, 0.29) is 18.0 Å². The minimum Gasteiger partial charge on any atom is -0.489 e. The Kier molecular flexibility index (Phi) is 8.26. The van der Waals surface area contributed by atoms with Gasteiger partial charge in [-0.05, 0) is 77.4 Å². The number of aromatic nitrogens is 1. The van der Waals surface area contributed by atoms with Crippen molar-refractivity contribution in [1.82, 2.24) is 9.88 Å². The van der Waals surface area contributed by atoms with E-state index < -0.39 is 23.8 Å². The molecule has 0 unspecified atom stereocenters. The predicted molar refractivity (Wildman–Crippen MR) is 164 cm³/mol. The number of hydrogen-bond acceptors (Lipinski definition) is 4. The number of fused-ring (bicyclic) bond motifs is 1. The summed E-state index contributed by atoms with van der Waals surface area (Å²) in [6, 6.07) is 27.0. The van der Waals surface area contributed by atoms with Crippen LogP contribution in [0.15, 0.2) is 103 Å². The maximum atomic E-state index is 13.9. The maximum absolute atomic E-state index is 13.9. The van der Waals surface area contributed by atoms with Crippen molar-refractivity contribution in [2.45, 2.75) is 38.1 Å². The molecule has 1 aliphatic heterocycles. The number of para-hydroxylation sites is 1. The molecular weight excluding hydrogens is 581 g/mol. The monoisotopic (exact) mass is 610 g/mol. The third kappa shape index (κ3) is 6.38. The summed E-state index contributed by atoms with van der Waals surface area (Å²) in [5.41, 5.74) is 3.29. The summed E-state index contributed by atoms with van der Waals surface area (Å²) in [6.45, 7) is 0.517. The van der Waals surface area contributed by atoms with Gasteiger partial charge in [0.25, 0.3) is 5.91 Å². The number of nitrogens with zero attached hydrogens (tertiary/aromatic N) is 2. The molecule has 0 radical (unpaired) electrons. The molecule has 5 aromatic rings. The van der Waals surface area contributed by atoms with Gasteiger partial charge >= 0.3 is 12.1 Å². The van der Waals surface area contributed by atoms with Crippen LogP contribution in [0.4, 0.5) is 13.2 Å². The van der Waals surface area contributed by atoms with E-state index in [4.69, 9.17) is 4.74 Å². The number of rotatable bonds is 8. The highest BCUT2D eigenvalue weighted by molar-refractivity contribution is 5.98. The number of amides is 1. The molecule has 2 heterocycles. The Labute approximate surface area is 257 Å². The van der Waals surface area contributed by atoms with Crippen LogP contribution in [0, 0.1) is 0 Å². The maximum Gasteiger partial charge on any atom is 0.418 e. The molecule has 1 aromatic heterocycles. The normalized spacial score (nSPS) is 14.9. The van der Waals surface area contributed by atoms with E-state index in [2.05, 4.69) is 4.98 Å². The zero-order chi connectivity index (χ0) is 31.6. The van der Waals surface area contributed by atoms with Gasteiger partial charge in [0.1, 0.15) is 18.4 Å². The fourth-order valence-electron chi connectivity index (χ4n) is 5.92. The lowest BCUT2D eigenvalue weighted by molar-refractivity contribution is -0.141. The highest BCUT2D eigenvalue weighted by Gasteiger charge is 2.35. The summed E-state index contributed by atoms with van der Waals surface area (Å²) in [4.78, 5) is 30.3. The van der Waals surface area contributed by atoms with Gasteiger partial charge in [0, 0.05) is 23.7 Å². The summed E-state index contributed by atoms with van der Waals surface area (Å²) < 4.78 is 47.9. The number of likely N-dealkylation sites (tertiary alicyclic amines) is 1. The number of carboxylic acids is 1. The van der Waals surface area contributed by atoms with Crippen molar-refractivity contribution in [3.63, 3.8) is 0 Å². The lowest BCUT2D eigenvalue weighted by Gasteiger charge is -2.21. The molecule has 9 heteroatoms. The number of halogens is 3. The number of carbonyl (C=O) groups is 2. The molecule has 228 valence electrons. The summed E-state index contributed by atoms with van der Waals surface area (Å²) in [7, 11) is 0. The van der Waals surface area contributed by atoms with E-state index >= 15 is 0 Å². The van der Waals surface area contributed by atoms with Gasteiger partial charge in [-0.25, -0.2) is 4.79 Å². The second-order valence-electron chi connectivity index (χ2n) is 11.0. The molecule has 1 aliphatic rings. The Morgan fingerprint density at radius 2 is 1.67 bits per heavy atom. The van der Waals surface area contributed by atoms with E-state index in [0.717, 1.165) is 17.2 Å². The molecular formula is C36H29F3N2O4. The van der Waals surface area contributed by atoms with Crippen LogP contribution in [0.5, 0.6) is 5.75 Å². The molecule has 1 saturated heterocycles. The number of hydrogen-bond donors (Lipinski definition) is 1. The van der Waals surface area contributed by atoms with E-state index in [9.17, 15) is 27.9 Å². The smallest absolute Gasteiger partial charge is 0.418 e. The Bertz CT molecular complexity index is 1870. The van der Waals surface area contributed by atoms with Crippen molar-refractivity contribution in [1.29, 1.82) is 0 Å². The van der Waals surface area contributed by atoms with E-state index in [1.165, 1.54) is 17.2 Å². The second kappa shape index (κ2) is 12.4. The van der Waals surface area contributed by atoms with Gasteiger partial charge in [0.05, 0.1) is 11.1 Å². The summed E-state index contributed by atoms with van der Waals surface area (Å²) in [6.07, 6.45) is -1.50. The van der Waals surface area contributed by atoms with Gasteiger partial charge in [-0.1, -0.05) is 66.7 Å². The Morgan fingerprint density at radius 1 is 0.911 bits per heavy atom. The third-order valence-electron chi connectivity index (χ3n) is 8.02. The standard InChI is InChI=1S/C36H29F3N2O4/c37-36(38,39)30-15-6-14-29-32(27(21-40-33(29)30)18-23-8-2-1-3-9-23)25-11-5-13-28(20-25)45-22-24-10-4-12-26(19-24)34(42)41-17-7-16-31(41)35(43)44/h1-6,8-15,19-21,31H,7,16-18,22H2,(H,43,44)/t31-/m0/s1. The summed E-state index contributed by atoms with van der Waals surface area (Å²) >= 11 is 0. The van der Waals surface area contributed by atoms with E-state index in [1.54, 1.807) is 42.5 Å². The largest absolute Gasteiger partial charge is 0.489 e. The lowest BCUT2D eigenvalue weighted by Crippen LogP contribution is -2.40. The topological polar surface area (TPSA) is 79.7 Å². The van der Waals surface area contributed by atoms with Gasteiger partial charge in [0.15, 0.2) is 0 Å². The number of benzene rings is 4. The molecule has 0 saturated carbocycles. The fourth-order valence-corrected chi connectivity index (χ4v) is 5.92. The summed E-state index contributed by atoms with van der Waals surface area (Å²) in [5.74, 6) is -0.849. The molecule has 1 fully saturated rings. The summed E-state index contributed by atoms with van der Waals surface area (Å²) in [5, 5.41) is 9.87. The van der Waals surface area contributed by atoms with Crippen LogP contribution in [-0.2, 0) is 24.0 Å². The zero-order valence-corrected chi connectivity index (χ0v) is 24.1. The van der Waals surface area contributed by atoms with Crippen LogP contribution in [-0.4, -0.2) is 39.5 Å². The molecule has 0 spiro atoms. The number of aliphatic carboxylic acids is 1. The van der Waals surface area contributed by atoms with Crippen molar-refractivity contribution < 1.29 is 32.6 Å². The van der Waals surface area contributed by atoms with Gasteiger partial charge < -0.3 is 14.7 Å². The first kappa shape index (κ1) is 29.9. The van der Waals surface area contributed by atoms with E-state index in [0.29, 0.717) is 59.2 Å². The third-order valence-corrected chi connectivity index (χ3v) is 8.02. The van der Waals surface area contributed by atoms with Crippen molar-refractivity contribution in [3.8, 4) is 16.9 Å². The molecule has 1 atom stereocenters. The molecule has 1 amide bonds. The first-order chi connectivity index (χ1) is 21.7. The Balaban J connectivity index is 1.31. The average molecular weight is 611 g/mol. The number of ether oxygens (including phenoxy) is 1. The van der Waals surface area contributed by atoms with Gasteiger partial charge in [-0.15, -0.1) is 0 Å². The SMILES string of the molecule is O=C(O)[C@@H]1CCCN1C(=O)c1cccc(COc2cccc(-c3c(Cc4ccccc4)cnc4c(C(F)(F)F)cccc34)c2)c1. The van der Waals surface area contributed by atoms with Crippen LogP contribution in [0.1, 0.15) is 45.5 Å². The van der Waals surface area contributed by atoms with Crippen molar-refractivity contribution in [3.05, 3.63) is 131 Å². The van der Waals surface area contributed by atoms with Crippen LogP contribution >= 0.6 is 0 Å². The lowest BCUT2D eigenvalue weighted by atomic mass is 9.92.